The third kappa shape index (κ3) is 3.83. The third-order valence-electron chi connectivity index (χ3n) is 2.88. The van der Waals surface area contributed by atoms with Gasteiger partial charge in [-0.25, -0.2) is 4.39 Å². The van der Waals surface area contributed by atoms with Crippen LogP contribution in [0.15, 0.2) is 42.5 Å². The fraction of sp³-hybridized carbons (Fsp3) is 0.176. The van der Waals surface area contributed by atoms with Crippen molar-refractivity contribution >= 4 is 5.78 Å². The molecule has 22 heavy (non-hydrogen) atoms. The molecule has 0 radical (unpaired) electrons. The maximum Gasteiger partial charge on any atom is 0.200 e. The maximum absolute atomic E-state index is 13.1. The molecule has 0 saturated heterocycles. The van der Waals surface area contributed by atoms with E-state index in [2.05, 4.69) is 0 Å². The molecule has 0 heterocycles. The first-order valence-corrected chi connectivity index (χ1v) is 6.72. The number of nitrogens with zero attached hydrogens (tertiary/aromatic N) is 1. The minimum Gasteiger partial charge on any atom is -0.490 e. The minimum absolute atomic E-state index is 0.241. The van der Waals surface area contributed by atoms with Gasteiger partial charge in [-0.15, -0.1) is 0 Å². The lowest BCUT2D eigenvalue weighted by atomic mass is 10.1. The van der Waals surface area contributed by atoms with Gasteiger partial charge in [0.1, 0.15) is 5.82 Å². The van der Waals surface area contributed by atoms with Crippen molar-refractivity contribution in [3.8, 4) is 17.6 Å². The normalized spacial score (nSPS) is 9.86. The van der Waals surface area contributed by atoms with Crippen LogP contribution < -0.4 is 9.47 Å². The molecule has 4 nitrogen and oxygen atoms in total. The molecule has 0 aliphatic rings. The van der Waals surface area contributed by atoms with Crippen molar-refractivity contribution < 1.29 is 18.7 Å². The topological polar surface area (TPSA) is 59.3 Å². The van der Waals surface area contributed by atoms with Gasteiger partial charge in [-0.3, -0.25) is 4.79 Å². The van der Waals surface area contributed by atoms with Crippen molar-refractivity contribution in [1.82, 2.24) is 0 Å². The van der Waals surface area contributed by atoms with Crippen molar-refractivity contribution in [2.45, 2.75) is 6.92 Å². The van der Waals surface area contributed by atoms with E-state index in [0.29, 0.717) is 23.7 Å². The number of ketones is 1. The van der Waals surface area contributed by atoms with Crippen LogP contribution in [0.1, 0.15) is 22.8 Å². The molecule has 2 aromatic rings. The van der Waals surface area contributed by atoms with Crippen molar-refractivity contribution in [3.63, 3.8) is 0 Å². The first-order valence-electron chi connectivity index (χ1n) is 6.72. The number of hydrogen-bond donors (Lipinski definition) is 0. The quantitative estimate of drug-likeness (QED) is 0.767. The molecule has 5 heteroatoms. The SMILES string of the molecule is CCOc1cc(C#N)ccc1OCC(=O)c1cccc(F)c1. The van der Waals surface area contributed by atoms with Gasteiger partial charge < -0.3 is 9.47 Å². The van der Waals surface area contributed by atoms with Gasteiger partial charge in [0.15, 0.2) is 23.9 Å². The summed E-state index contributed by atoms with van der Waals surface area (Å²) in [6.45, 7) is 1.97. The van der Waals surface area contributed by atoms with Crippen LogP contribution in [0.3, 0.4) is 0 Å². The molecule has 0 N–H and O–H groups in total. The zero-order valence-electron chi connectivity index (χ0n) is 12.0. The summed E-state index contributed by atoms with van der Waals surface area (Å²) in [5.74, 6) is -0.0512. The lowest BCUT2D eigenvalue weighted by Gasteiger charge is -2.11. The summed E-state index contributed by atoms with van der Waals surface area (Å²) < 4.78 is 23.9. The summed E-state index contributed by atoms with van der Waals surface area (Å²) in [5, 5.41) is 8.88. The summed E-state index contributed by atoms with van der Waals surface area (Å²) in [5.41, 5.74) is 0.680. The Hall–Kier alpha value is -2.87. The Morgan fingerprint density at radius 3 is 2.68 bits per heavy atom. The van der Waals surface area contributed by atoms with Crippen molar-refractivity contribution in [3.05, 3.63) is 59.4 Å². The number of benzene rings is 2. The summed E-state index contributed by atoms with van der Waals surface area (Å²) in [6.07, 6.45) is 0. The first-order chi connectivity index (χ1) is 10.6. The molecular weight excluding hydrogens is 285 g/mol. The highest BCUT2D eigenvalue weighted by Crippen LogP contribution is 2.28. The van der Waals surface area contributed by atoms with Crippen molar-refractivity contribution in [1.29, 1.82) is 5.26 Å². The second-order valence-corrected chi connectivity index (χ2v) is 4.43. The van der Waals surface area contributed by atoms with Crippen LogP contribution in [0.5, 0.6) is 11.5 Å². The molecule has 0 aromatic heterocycles. The number of carbonyl (C=O) groups is 1. The molecule has 0 saturated carbocycles. The second kappa shape index (κ2) is 7.23. The molecule has 0 amide bonds. The Morgan fingerprint density at radius 1 is 1.18 bits per heavy atom. The van der Waals surface area contributed by atoms with Gasteiger partial charge in [0.2, 0.25) is 0 Å². The van der Waals surface area contributed by atoms with Crippen molar-refractivity contribution in [2.75, 3.05) is 13.2 Å². The fourth-order valence-electron chi connectivity index (χ4n) is 1.85. The number of carbonyl (C=O) groups excluding carboxylic acids is 1. The highest BCUT2D eigenvalue weighted by molar-refractivity contribution is 5.97. The van der Waals surface area contributed by atoms with Gasteiger partial charge in [-0.2, -0.15) is 5.26 Å². The molecule has 0 fully saturated rings. The van der Waals surface area contributed by atoms with Gasteiger partial charge in [0.05, 0.1) is 18.2 Å². The van der Waals surface area contributed by atoms with E-state index in [-0.39, 0.29) is 18.0 Å². The number of Topliss-reactive ketones (excluding diaryl/α,β-unsaturated/α-hetero) is 1. The molecule has 2 aromatic carbocycles. The molecule has 0 aliphatic heterocycles. The number of ether oxygens (including phenoxy) is 2. The monoisotopic (exact) mass is 299 g/mol. The summed E-state index contributed by atoms with van der Waals surface area (Å²) in [4.78, 5) is 12.0. The Labute approximate surface area is 127 Å². The van der Waals surface area contributed by atoms with E-state index in [1.54, 1.807) is 25.1 Å². The average molecular weight is 299 g/mol. The summed E-state index contributed by atoms with van der Waals surface area (Å²) >= 11 is 0. The molecule has 0 atom stereocenters. The molecule has 0 bridgehead atoms. The minimum atomic E-state index is -0.473. The zero-order chi connectivity index (χ0) is 15.9. The average Bonchev–Trinajstić information content (AvgIpc) is 2.53. The van der Waals surface area contributed by atoms with E-state index in [1.807, 2.05) is 6.07 Å². The Morgan fingerprint density at radius 2 is 2.00 bits per heavy atom. The van der Waals surface area contributed by atoms with Gasteiger partial charge in [0, 0.05) is 11.6 Å². The molecule has 2 rings (SSSR count). The second-order valence-electron chi connectivity index (χ2n) is 4.43. The molecule has 112 valence electrons. The van der Waals surface area contributed by atoms with E-state index in [4.69, 9.17) is 14.7 Å². The number of nitriles is 1. The van der Waals surface area contributed by atoms with Gasteiger partial charge in [0.25, 0.3) is 0 Å². The van der Waals surface area contributed by atoms with Crippen LogP contribution in [0.2, 0.25) is 0 Å². The summed E-state index contributed by atoms with van der Waals surface area (Å²) in [7, 11) is 0. The van der Waals surface area contributed by atoms with E-state index in [9.17, 15) is 9.18 Å². The van der Waals surface area contributed by atoms with Crippen LogP contribution in [0, 0.1) is 17.1 Å². The van der Waals surface area contributed by atoms with Crippen LogP contribution in [-0.4, -0.2) is 19.0 Å². The van der Waals surface area contributed by atoms with Gasteiger partial charge in [-0.05, 0) is 31.2 Å². The first kappa shape index (κ1) is 15.5. The number of rotatable bonds is 6. The maximum atomic E-state index is 13.1. The Balaban J connectivity index is 2.11. The Bertz CT molecular complexity index is 722. The highest BCUT2D eigenvalue weighted by atomic mass is 19.1. The van der Waals surface area contributed by atoms with Gasteiger partial charge >= 0.3 is 0 Å². The van der Waals surface area contributed by atoms with Crippen LogP contribution in [0.4, 0.5) is 4.39 Å². The predicted octanol–water partition coefficient (Wildman–Crippen LogP) is 3.36. The van der Waals surface area contributed by atoms with Gasteiger partial charge in [-0.1, -0.05) is 12.1 Å². The Kier molecular flexibility index (Phi) is 5.10. The van der Waals surface area contributed by atoms with Crippen LogP contribution in [-0.2, 0) is 0 Å². The third-order valence-corrected chi connectivity index (χ3v) is 2.88. The van der Waals surface area contributed by atoms with Crippen molar-refractivity contribution in [2.24, 2.45) is 0 Å². The standard InChI is InChI=1S/C17H14FNO3/c1-2-21-17-8-12(10-19)6-7-16(17)22-11-15(20)13-4-3-5-14(18)9-13/h3-9H,2,11H2,1H3. The summed E-state index contributed by atoms with van der Waals surface area (Å²) in [6, 6.07) is 12.1. The van der Waals surface area contributed by atoms with Crippen LogP contribution >= 0.6 is 0 Å². The largest absolute Gasteiger partial charge is 0.490 e. The highest BCUT2D eigenvalue weighted by Gasteiger charge is 2.11. The van der Waals surface area contributed by atoms with E-state index >= 15 is 0 Å². The lowest BCUT2D eigenvalue weighted by Crippen LogP contribution is -2.12. The fourth-order valence-corrected chi connectivity index (χ4v) is 1.85. The van der Waals surface area contributed by atoms with E-state index < -0.39 is 5.82 Å². The van der Waals surface area contributed by atoms with E-state index in [1.165, 1.54) is 18.2 Å². The predicted molar refractivity (Wildman–Crippen MR) is 78.6 cm³/mol. The number of halogens is 1. The smallest absolute Gasteiger partial charge is 0.200 e. The van der Waals surface area contributed by atoms with E-state index in [0.717, 1.165) is 6.07 Å². The lowest BCUT2D eigenvalue weighted by molar-refractivity contribution is 0.0918. The molecule has 0 aliphatic carbocycles. The molecular formula is C17H14FNO3. The number of hydrogen-bond acceptors (Lipinski definition) is 4. The van der Waals surface area contributed by atoms with Crippen LogP contribution in [0.25, 0.3) is 0 Å². The molecule has 0 spiro atoms. The molecule has 0 unspecified atom stereocenters. The zero-order valence-corrected chi connectivity index (χ0v) is 12.0.